The SMILES string of the molecule is C=CCn1c(COc2c(C)cccc2C)nnc1SCC(=O)Nc1ccc(Br)cc1C. The number of anilines is 1. The fourth-order valence-electron chi connectivity index (χ4n) is 3.09. The maximum atomic E-state index is 12.4. The molecular formula is C23H25BrN4O2S. The number of aryl methyl sites for hydroxylation is 3. The van der Waals surface area contributed by atoms with Gasteiger partial charge in [-0.3, -0.25) is 9.36 Å². The third-order valence-electron chi connectivity index (χ3n) is 4.65. The third-order valence-corrected chi connectivity index (χ3v) is 6.11. The Labute approximate surface area is 195 Å². The first-order valence-electron chi connectivity index (χ1n) is 9.80. The van der Waals surface area contributed by atoms with Crippen LogP contribution >= 0.6 is 27.7 Å². The zero-order chi connectivity index (χ0) is 22.4. The molecule has 0 aliphatic carbocycles. The molecule has 0 aliphatic heterocycles. The summed E-state index contributed by atoms with van der Waals surface area (Å²) in [5, 5.41) is 12.1. The van der Waals surface area contributed by atoms with Crippen LogP contribution in [-0.4, -0.2) is 26.4 Å². The van der Waals surface area contributed by atoms with Gasteiger partial charge >= 0.3 is 0 Å². The molecular weight excluding hydrogens is 476 g/mol. The molecule has 0 spiro atoms. The zero-order valence-corrected chi connectivity index (χ0v) is 20.2. The summed E-state index contributed by atoms with van der Waals surface area (Å²) in [5.41, 5.74) is 3.94. The predicted octanol–water partition coefficient (Wildman–Crippen LogP) is 5.46. The Kier molecular flexibility index (Phi) is 7.92. The second-order valence-electron chi connectivity index (χ2n) is 7.10. The van der Waals surface area contributed by atoms with E-state index < -0.39 is 0 Å². The highest BCUT2D eigenvalue weighted by Crippen LogP contribution is 2.25. The molecule has 0 unspecified atom stereocenters. The molecule has 0 radical (unpaired) electrons. The van der Waals surface area contributed by atoms with E-state index >= 15 is 0 Å². The lowest BCUT2D eigenvalue weighted by molar-refractivity contribution is -0.113. The van der Waals surface area contributed by atoms with Gasteiger partial charge in [0, 0.05) is 16.7 Å². The number of carbonyl (C=O) groups excluding carboxylic acids is 1. The number of hydrogen-bond donors (Lipinski definition) is 1. The molecule has 162 valence electrons. The number of amides is 1. The number of halogens is 1. The first-order valence-corrected chi connectivity index (χ1v) is 11.6. The van der Waals surface area contributed by atoms with E-state index in [1.807, 2.05) is 61.7 Å². The molecule has 3 aromatic rings. The number of allylic oxidation sites excluding steroid dienone is 1. The van der Waals surface area contributed by atoms with Gasteiger partial charge in [0.05, 0.1) is 5.75 Å². The lowest BCUT2D eigenvalue weighted by Gasteiger charge is -2.13. The molecule has 6 nitrogen and oxygen atoms in total. The van der Waals surface area contributed by atoms with Gasteiger partial charge in [0.25, 0.3) is 0 Å². The van der Waals surface area contributed by atoms with Crippen molar-refractivity contribution in [2.75, 3.05) is 11.1 Å². The van der Waals surface area contributed by atoms with Gasteiger partial charge in [-0.15, -0.1) is 16.8 Å². The fraction of sp³-hybridized carbons (Fsp3) is 0.261. The molecule has 2 aromatic carbocycles. The van der Waals surface area contributed by atoms with E-state index in [1.165, 1.54) is 11.8 Å². The average Bonchev–Trinajstić information content (AvgIpc) is 3.10. The normalized spacial score (nSPS) is 10.7. The number of ether oxygens (including phenoxy) is 1. The predicted molar refractivity (Wildman–Crippen MR) is 129 cm³/mol. The van der Waals surface area contributed by atoms with Gasteiger partial charge < -0.3 is 10.1 Å². The van der Waals surface area contributed by atoms with Gasteiger partial charge in [-0.25, -0.2) is 0 Å². The Morgan fingerprint density at radius 1 is 1.19 bits per heavy atom. The summed E-state index contributed by atoms with van der Waals surface area (Å²) in [4.78, 5) is 12.4. The molecule has 0 bridgehead atoms. The Balaban J connectivity index is 1.65. The molecule has 1 N–H and O–H groups in total. The van der Waals surface area contributed by atoms with Gasteiger partial charge in [0.1, 0.15) is 12.4 Å². The molecule has 0 saturated carbocycles. The summed E-state index contributed by atoms with van der Waals surface area (Å²) < 4.78 is 8.93. The number of nitrogens with zero attached hydrogens (tertiary/aromatic N) is 3. The first-order chi connectivity index (χ1) is 14.9. The maximum Gasteiger partial charge on any atom is 0.234 e. The van der Waals surface area contributed by atoms with Gasteiger partial charge in [-0.05, 0) is 55.7 Å². The Morgan fingerprint density at radius 3 is 2.61 bits per heavy atom. The lowest BCUT2D eigenvalue weighted by Crippen LogP contribution is -2.15. The lowest BCUT2D eigenvalue weighted by atomic mass is 10.1. The van der Waals surface area contributed by atoms with Crippen molar-refractivity contribution >= 4 is 39.3 Å². The highest BCUT2D eigenvalue weighted by Gasteiger charge is 2.15. The second-order valence-corrected chi connectivity index (χ2v) is 8.96. The smallest absolute Gasteiger partial charge is 0.234 e. The summed E-state index contributed by atoms with van der Waals surface area (Å²) in [7, 11) is 0. The van der Waals surface area contributed by atoms with E-state index in [0.717, 1.165) is 32.6 Å². The van der Waals surface area contributed by atoms with Crippen LogP contribution in [0.2, 0.25) is 0 Å². The van der Waals surface area contributed by atoms with E-state index in [1.54, 1.807) is 6.08 Å². The largest absolute Gasteiger partial charge is 0.485 e. The van der Waals surface area contributed by atoms with Crippen molar-refractivity contribution in [2.24, 2.45) is 0 Å². The van der Waals surface area contributed by atoms with Crippen molar-refractivity contribution in [1.82, 2.24) is 14.8 Å². The van der Waals surface area contributed by atoms with Crippen LogP contribution in [0.5, 0.6) is 5.75 Å². The number of para-hydroxylation sites is 1. The Morgan fingerprint density at radius 2 is 1.94 bits per heavy atom. The van der Waals surface area contributed by atoms with Crippen molar-refractivity contribution in [2.45, 2.75) is 39.1 Å². The van der Waals surface area contributed by atoms with Crippen molar-refractivity contribution in [1.29, 1.82) is 0 Å². The van der Waals surface area contributed by atoms with Crippen molar-refractivity contribution in [3.8, 4) is 5.75 Å². The van der Waals surface area contributed by atoms with E-state index in [2.05, 4.69) is 38.0 Å². The van der Waals surface area contributed by atoms with E-state index in [4.69, 9.17) is 4.74 Å². The average molecular weight is 501 g/mol. The molecule has 31 heavy (non-hydrogen) atoms. The van der Waals surface area contributed by atoms with E-state index in [-0.39, 0.29) is 18.3 Å². The van der Waals surface area contributed by atoms with Gasteiger partial charge in [0.2, 0.25) is 5.91 Å². The molecule has 1 amide bonds. The first kappa shape index (κ1) is 23.1. The molecule has 0 aliphatic rings. The summed E-state index contributed by atoms with van der Waals surface area (Å²) in [5.74, 6) is 1.67. The Bertz CT molecular complexity index is 1080. The van der Waals surface area contributed by atoms with Crippen LogP contribution in [0, 0.1) is 20.8 Å². The van der Waals surface area contributed by atoms with Crippen LogP contribution in [0.15, 0.2) is 58.7 Å². The van der Waals surface area contributed by atoms with Crippen LogP contribution < -0.4 is 10.1 Å². The highest BCUT2D eigenvalue weighted by molar-refractivity contribution is 9.10. The van der Waals surface area contributed by atoms with Crippen molar-refractivity contribution in [3.05, 3.63) is 76.0 Å². The summed E-state index contributed by atoms with van der Waals surface area (Å²) in [6.45, 7) is 10.6. The summed E-state index contributed by atoms with van der Waals surface area (Å²) in [6, 6.07) is 11.8. The van der Waals surface area contributed by atoms with Gasteiger partial charge in [-0.2, -0.15) is 0 Å². The number of aromatic nitrogens is 3. The number of carbonyl (C=O) groups is 1. The minimum atomic E-state index is -0.100. The molecule has 3 rings (SSSR count). The van der Waals surface area contributed by atoms with Gasteiger partial charge in [0.15, 0.2) is 11.0 Å². The number of hydrogen-bond acceptors (Lipinski definition) is 5. The van der Waals surface area contributed by atoms with Crippen LogP contribution in [0.4, 0.5) is 5.69 Å². The molecule has 0 fully saturated rings. The number of nitrogens with one attached hydrogen (secondary N) is 1. The topological polar surface area (TPSA) is 69.0 Å². The molecule has 8 heteroatoms. The van der Waals surface area contributed by atoms with Crippen molar-refractivity contribution in [3.63, 3.8) is 0 Å². The quantitative estimate of drug-likeness (QED) is 0.312. The molecule has 0 saturated heterocycles. The van der Waals surface area contributed by atoms with Crippen LogP contribution in [0.3, 0.4) is 0 Å². The van der Waals surface area contributed by atoms with Crippen molar-refractivity contribution < 1.29 is 9.53 Å². The Hall–Kier alpha value is -2.58. The van der Waals surface area contributed by atoms with Gasteiger partial charge in [-0.1, -0.05) is 52.0 Å². The molecule has 1 aromatic heterocycles. The molecule has 0 atom stereocenters. The fourth-order valence-corrected chi connectivity index (χ4v) is 4.33. The minimum absolute atomic E-state index is 0.100. The highest BCUT2D eigenvalue weighted by atomic mass is 79.9. The zero-order valence-electron chi connectivity index (χ0n) is 17.8. The molecule has 1 heterocycles. The third kappa shape index (κ3) is 5.98. The minimum Gasteiger partial charge on any atom is -0.485 e. The maximum absolute atomic E-state index is 12.4. The van der Waals surface area contributed by atoms with E-state index in [9.17, 15) is 4.79 Å². The summed E-state index contributed by atoms with van der Waals surface area (Å²) in [6.07, 6.45) is 1.78. The van der Waals surface area contributed by atoms with Crippen LogP contribution in [-0.2, 0) is 17.9 Å². The van der Waals surface area contributed by atoms with Crippen LogP contribution in [0.25, 0.3) is 0 Å². The second kappa shape index (κ2) is 10.6. The number of benzene rings is 2. The van der Waals surface area contributed by atoms with Crippen LogP contribution in [0.1, 0.15) is 22.5 Å². The summed E-state index contributed by atoms with van der Waals surface area (Å²) >= 11 is 4.77. The standard InChI is InChI=1S/C23H25BrN4O2S/c1-5-11-28-20(13-30-22-15(2)7-6-8-16(22)3)26-27-23(28)31-14-21(29)25-19-10-9-18(24)12-17(19)4/h5-10,12H,1,11,13-14H2,2-4H3,(H,25,29). The van der Waals surface area contributed by atoms with E-state index in [0.29, 0.717) is 17.5 Å². The monoisotopic (exact) mass is 500 g/mol. The number of thioether (sulfide) groups is 1. The number of rotatable bonds is 9.